The molecule has 1 atom stereocenters. The molecule has 0 heterocycles. The first kappa shape index (κ1) is 12.6. The van der Waals surface area contributed by atoms with Crippen LogP contribution in [0.1, 0.15) is 24.0 Å². The summed E-state index contributed by atoms with van der Waals surface area (Å²) in [6.45, 7) is 0.440. The Labute approximate surface area is 106 Å². The Morgan fingerprint density at radius 3 is 3.00 bits per heavy atom. The molecule has 18 heavy (non-hydrogen) atoms. The molecule has 0 aliphatic heterocycles. The smallest absolute Gasteiger partial charge is 0.406 e. The first-order valence-electron chi connectivity index (χ1n) is 6.06. The van der Waals surface area contributed by atoms with Gasteiger partial charge in [-0.3, -0.25) is 0 Å². The molecule has 1 N–H and O–H groups in total. The first-order valence-corrected chi connectivity index (χ1v) is 6.06. The van der Waals surface area contributed by atoms with Crippen LogP contribution in [0.2, 0.25) is 0 Å². The molecule has 1 unspecified atom stereocenters. The van der Waals surface area contributed by atoms with Crippen molar-refractivity contribution < 1.29 is 14.3 Å². The third-order valence-corrected chi connectivity index (χ3v) is 3.69. The molecular formula is C14H17NO3. The SMILES string of the molecule is COC(=O)NCC1(CC=O)CCc2ccccc21. The minimum atomic E-state index is -0.454. The molecule has 4 nitrogen and oxygen atoms in total. The van der Waals surface area contributed by atoms with E-state index in [1.165, 1.54) is 18.2 Å². The Morgan fingerprint density at radius 1 is 1.50 bits per heavy atom. The molecule has 2 rings (SSSR count). The largest absolute Gasteiger partial charge is 0.453 e. The Balaban J connectivity index is 2.23. The Hall–Kier alpha value is -1.84. The van der Waals surface area contributed by atoms with Gasteiger partial charge in [-0.15, -0.1) is 0 Å². The van der Waals surface area contributed by atoms with E-state index in [0.717, 1.165) is 19.1 Å². The molecule has 1 aromatic carbocycles. The first-order chi connectivity index (χ1) is 8.72. The van der Waals surface area contributed by atoms with Gasteiger partial charge in [0, 0.05) is 18.4 Å². The molecule has 0 fully saturated rings. The predicted octanol–water partition coefficient (Wildman–Crippen LogP) is 1.82. The van der Waals surface area contributed by atoms with Crippen LogP contribution in [0.25, 0.3) is 0 Å². The van der Waals surface area contributed by atoms with Crippen LogP contribution in [0.15, 0.2) is 24.3 Å². The van der Waals surface area contributed by atoms with Gasteiger partial charge in [0.1, 0.15) is 6.29 Å². The third-order valence-electron chi connectivity index (χ3n) is 3.69. The summed E-state index contributed by atoms with van der Waals surface area (Å²) in [6, 6.07) is 8.11. The predicted molar refractivity (Wildman–Crippen MR) is 67.5 cm³/mol. The molecule has 1 amide bonds. The summed E-state index contributed by atoms with van der Waals surface area (Å²) in [5, 5.41) is 2.72. The van der Waals surface area contributed by atoms with Crippen LogP contribution < -0.4 is 5.32 Å². The molecule has 1 aliphatic rings. The van der Waals surface area contributed by atoms with E-state index in [0.29, 0.717) is 13.0 Å². The van der Waals surface area contributed by atoms with Crippen molar-refractivity contribution in [3.63, 3.8) is 0 Å². The minimum Gasteiger partial charge on any atom is -0.453 e. The molecule has 0 aromatic heterocycles. The van der Waals surface area contributed by atoms with Crippen LogP contribution >= 0.6 is 0 Å². The average Bonchev–Trinajstić information content (AvgIpc) is 2.76. The zero-order valence-corrected chi connectivity index (χ0v) is 10.4. The number of ether oxygens (including phenoxy) is 1. The molecule has 96 valence electrons. The van der Waals surface area contributed by atoms with Crippen molar-refractivity contribution in [3.8, 4) is 0 Å². The number of amides is 1. The maximum Gasteiger partial charge on any atom is 0.406 e. The average molecular weight is 247 g/mol. The number of rotatable bonds is 4. The van der Waals surface area contributed by atoms with Crippen LogP contribution in [0, 0.1) is 0 Å². The normalized spacial score (nSPS) is 21.2. The van der Waals surface area contributed by atoms with E-state index in [2.05, 4.69) is 16.1 Å². The second kappa shape index (κ2) is 5.21. The number of benzene rings is 1. The van der Waals surface area contributed by atoms with Crippen molar-refractivity contribution in [1.82, 2.24) is 5.32 Å². The summed E-state index contributed by atoms with van der Waals surface area (Å²) in [5.41, 5.74) is 2.17. The van der Waals surface area contributed by atoms with Crippen LogP contribution in [-0.2, 0) is 21.4 Å². The monoisotopic (exact) mass is 247 g/mol. The number of methoxy groups -OCH3 is 1. The molecule has 1 aromatic rings. The van der Waals surface area contributed by atoms with E-state index in [-0.39, 0.29) is 5.41 Å². The summed E-state index contributed by atoms with van der Waals surface area (Å²) in [4.78, 5) is 22.2. The number of carbonyl (C=O) groups excluding carboxylic acids is 2. The highest BCUT2D eigenvalue weighted by atomic mass is 16.5. The Morgan fingerprint density at radius 2 is 2.28 bits per heavy atom. The number of aldehydes is 1. The van der Waals surface area contributed by atoms with Gasteiger partial charge < -0.3 is 14.8 Å². The summed E-state index contributed by atoms with van der Waals surface area (Å²) in [6.07, 6.45) is 2.74. The maximum absolute atomic E-state index is 11.2. The van der Waals surface area contributed by atoms with Gasteiger partial charge in [-0.1, -0.05) is 24.3 Å². The van der Waals surface area contributed by atoms with Crippen molar-refractivity contribution in [2.24, 2.45) is 0 Å². The fourth-order valence-electron chi connectivity index (χ4n) is 2.71. The highest BCUT2D eigenvalue weighted by molar-refractivity contribution is 5.67. The van der Waals surface area contributed by atoms with Gasteiger partial charge in [0.15, 0.2) is 0 Å². The molecule has 0 radical (unpaired) electrons. The van der Waals surface area contributed by atoms with Gasteiger partial charge in [0.05, 0.1) is 7.11 Å². The second-order valence-corrected chi connectivity index (χ2v) is 4.65. The molecule has 1 aliphatic carbocycles. The number of alkyl carbamates (subject to hydrolysis) is 1. The number of carbonyl (C=O) groups is 2. The fourth-order valence-corrected chi connectivity index (χ4v) is 2.71. The number of hydrogen-bond donors (Lipinski definition) is 1. The number of aryl methyl sites for hydroxylation is 1. The van der Waals surface area contributed by atoms with E-state index in [4.69, 9.17) is 0 Å². The Bertz CT molecular complexity index is 458. The zero-order chi connectivity index (χ0) is 13.0. The van der Waals surface area contributed by atoms with Gasteiger partial charge in [-0.25, -0.2) is 4.79 Å². The molecule has 0 bridgehead atoms. The molecule has 0 spiro atoms. The highest BCUT2D eigenvalue weighted by Gasteiger charge is 2.38. The van der Waals surface area contributed by atoms with Crippen molar-refractivity contribution in [2.45, 2.75) is 24.7 Å². The van der Waals surface area contributed by atoms with Crippen LogP contribution in [-0.4, -0.2) is 26.0 Å². The van der Waals surface area contributed by atoms with Crippen molar-refractivity contribution in [1.29, 1.82) is 0 Å². The second-order valence-electron chi connectivity index (χ2n) is 4.65. The topological polar surface area (TPSA) is 55.4 Å². The van der Waals surface area contributed by atoms with Crippen LogP contribution in [0.3, 0.4) is 0 Å². The highest BCUT2D eigenvalue weighted by Crippen LogP contribution is 2.40. The standard InChI is InChI=1S/C14H17NO3/c1-18-13(17)15-10-14(8-9-16)7-6-11-4-2-3-5-12(11)14/h2-5,9H,6-8,10H2,1H3,(H,15,17). The summed E-state index contributed by atoms with van der Waals surface area (Å²) in [5.74, 6) is 0. The van der Waals surface area contributed by atoms with Gasteiger partial charge in [0.2, 0.25) is 0 Å². The van der Waals surface area contributed by atoms with Crippen molar-refractivity contribution >= 4 is 12.4 Å². The lowest BCUT2D eigenvalue weighted by atomic mass is 9.79. The fraction of sp³-hybridized carbons (Fsp3) is 0.429. The maximum atomic E-state index is 11.2. The lowest BCUT2D eigenvalue weighted by Gasteiger charge is -2.28. The zero-order valence-electron chi connectivity index (χ0n) is 10.4. The van der Waals surface area contributed by atoms with Crippen molar-refractivity contribution in [3.05, 3.63) is 35.4 Å². The summed E-state index contributed by atoms with van der Waals surface area (Å²) >= 11 is 0. The van der Waals surface area contributed by atoms with Gasteiger partial charge in [-0.2, -0.15) is 0 Å². The van der Waals surface area contributed by atoms with E-state index in [1.807, 2.05) is 18.2 Å². The lowest BCUT2D eigenvalue weighted by molar-refractivity contribution is -0.108. The van der Waals surface area contributed by atoms with Gasteiger partial charge >= 0.3 is 6.09 Å². The molecular weight excluding hydrogens is 230 g/mol. The van der Waals surface area contributed by atoms with Crippen LogP contribution in [0.4, 0.5) is 4.79 Å². The Kier molecular flexibility index (Phi) is 3.65. The summed E-state index contributed by atoms with van der Waals surface area (Å²) in [7, 11) is 1.34. The quantitative estimate of drug-likeness (QED) is 0.826. The lowest BCUT2D eigenvalue weighted by Crippen LogP contribution is -2.39. The number of fused-ring (bicyclic) bond motifs is 1. The molecule has 4 heteroatoms. The van der Waals surface area contributed by atoms with E-state index in [9.17, 15) is 9.59 Å². The van der Waals surface area contributed by atoms with E-state index < -0.39 is 6.09 Å². The van der Waals surface area contributed by atoms with Crippen LogP contribution in [0.5, 0.6) is 0 Å². The van der Waals surface area contributed by atoms with E-state index in [1.54, 1.807) is 0 Å². The third kappa shape index (κ3) is 2.23. The number of nitrogens with one attached hydrogen (secondary N) is 1. The minimum absolute atomic E-state index is 0.271. The molecule has 0 saturated carbocycles. The van der Waals surface area contributed by atoms with Gasteiger partial charge in [0.25, 0.3) is 0 Å². The summed E-state index contributed by atoms with van der Waals surface area (Å²) < 4.78 is 4.58. The number of hydrogen-bond acceptors (Lipinski definition) is 3. The van der Waals surface area contributed by atoms with E-state index >= 15 is 0 Å². The van der Waals surface area contributed by atoms with Gasteiger partial charge in [-0.05, 0) is 24.0 Å². The molecule has 0 saturated heterocycles. The van der Waals surface area contributed by atoms with Crippen molar-refractivity contribution in [2.75, 3.05) is 13.7 Å².